The monoisotopic (exact) mass is 357 g/mol. The van der Waals surface area contributed by atoms with Crippen molar-refractivity contribution in [2.45, 2.75) is 20.0 Å². The largest absolute Gasteiger partial charge is 0.497 e. The van der Waals surface area contributed by atoms with Crippen molar-refractivity contribution in [2.24, 2.45) is 0 Å². The molecule has 6 heteroatoms. The summed E-state index contributed by atoms with van der Waals surface area (Å²) < 4.78 is 11.0. The molecule has 0 atom stereocenters. The summed E-state index contributed by atoms with van der Waals surface area (Å²) in [6, 6.07) is 15.5. The van der Waals surface area contributed by atoms with E-state index >= 15 is 0 Å². The first-order valence-electron chi connectivity index (χ1n) is 8.12. The smallest absolute Gasteiger partial charge is 0.249 e. The molecule has 3 rings (SSSR count). The number of hydrogen-bond acceptors (Lipinski definition) is 5. The predicted molar refractivity (Wildman–Crippen MR) is 97.5 cm³/mol. The van der Waals surface area contributed by atoms with Crippen LogP contribution in [0.15, 0.2) is 52.9 Å². The van der Waals surface area contributed by atoms with Gasteiger partial charge in [0.1, 0.15) is 5.75 Å². The Bertz CT molecular complexity index is 818. The van der Waals surface area contributed by atoms with Gasteiger partial charge in [0, 0.05) is 6.54 Å². The van der Waals surface area contributed by atoms with E-state index in [0.717, 1.165) is 24.4 Å². The Morgan fingerprint density at radius 3 is 2.48 bits per heavy atom. The number of benzene rings is 2. The van der Waals surface area contributed by atoms with Crippen LogP contribution in [0.2, 0.25) is 5.02 Å². The van der Waals surface area contributed by atoms with Crippen LogP contribution in [0.5, 0.6) is 5.75 Å². The van der Waals surface area contributed by atoms with E-state index in [1.54, 1.807) is 7.11 Å². The molecule has 5 nitrogen and oxygen atoms in total. The van der Waals surface area contributed by atoms with Crippen molar-refractivity contribution >= 4 is 11.6 Å². The fraction of sp³-hybridized carbons (Fsp3) is 0.263. The van der Waals surface area contributed by atoms with Gasteiger partial charge in [-0.3, -0.25) is 4.90 Å². The van der Waals surface area contributed by atoms with Crippen LogP contribution in [0.1, 0.15) is 18.4 Å². The molecule has 0 saturated heterocycles. The van der Waals surface area contributed by atoms with Gasteiger partial charge in [-0.25, -0.2) is 0 Å². The zero-order valence-corrected chi connectivity index (χ0v) is 15.0. The summed E-state index contributed by atoms with van der Waals surface area (Å²) >= 11 is 6.18. The fourth-order valence-electron chi connectivity index (χ4n) is 2.52. The summed E-state index contributed by atoms with van der Waals surface area (Å²) in [7, 11) is 1.67. The minimum Gasteiger partial charge on any atom is -0.497 e. The van der Waals surface area contributed by atoms with Crippen LogP contribution in [0.4, 0.5) is 0 Å². The average molecular weight is 358 g/mol. The molecule has 0 radical (unpaired) electrons. The molecule has 0 spiro atoms. The quantitative estimate of drug-likeness (QED) is 0.626. The molecule has 0 saturated carbocycles. The molecule has 0 fully saturated rings. The summed E-state index contributed by atoms with van der Waals surface area (Å²) in [5, 5.41) is 8.87. The highest BCUT2D eigenvalue weighted by molar-refractivity contribution is 6.33. The van der Waals surface area contributed by atoms with E-state index in [1.807, 2.05) is 36.4 Å². The van der Waals surface area contributed by atoms with Crippen molar-refractivity contribution in [1.82, 2.24) is 15.1 Å². The first-order valence-corrected chi connectivity index (χ1v) is 8.50. The normalized spacial score (nSPS) is 11.0. The van der Waals surface area contributed by atoms with E-state index in [1.165, 1.54) is 5.56 Å². The molecule has 1 aromatic heterocycles. The first kappa shape index (κ1) is 17.5. The Balaban J connectivity index is 1.68. The average Bonchev–Trinajstić information content (AvgIpc) is 3.10. The zero-order chi connectivity index (χ0) is 17.6. The summed E-state index contributed by atoms with van der Waals surface area (Å²) in [6.45, 7) is 4.36. The Morgan fingerprint density at radius 2 is 1.80 bits per heavy atom. The maximum absolute atomic E-state index is 6.18. The standard InChI is InChI=1S/C19H20ClN3O2/c1-3-23(12-14-8-10-15(24-2)11-9-14)13-18-21-22-19(25-18)16-6-4-5-7-17(16)20/h4-11H,3,12-13H2,1-2H3. The van der Waals surface area contributed by atoms with Crippen LogP contribution in [0, 0.1) is 0 Å². The Morgan fingerprint density at radius 1 is 1.04 bits per heavy atom. The summed E-state index contributed by atoms with van der Waals surface area (Å²) in [5.74, 6) is 1.87. The molecule has 0 amide bonds. The lowest BCUT2D eigenvalue weighted by atomic mass is 10.2. The molecule has 0 N–H and O–H groups in total. The van der Waals surface area contributed by atoms with Crippen LogP contribution in [0.3, 0.4) is 0 Å². The molecule has 1 heterocycles. The van der Waals surface area contributed by atoms with Gasteiger partial charge in [-0.1, -0.05) is 42.8 Å². The van der Waals surface area contributed by atoms with Gasteiger partial charge in [0.2, 0.25) is 11.8 Å². The molecule has 2 aromatic carbocycles. The number of aromatic nitrogens is 2. The summed E-state index contributed by atoms with van der Waals surface area (Å²) in [5.41, 5.74) is 1.95. The van der Waals surface area contributed by atoms with Gasteiger partial charge in [0.15, 0.2) is 0 Å². The highest BCUT2D eigenvalue weighted by Crippen LogP contribution is 2.26. The van der Waals surface area contributed by atoms with E-state index < -0.39 is 0 Å². The maximum Gasteiger partial charge on any atom is 0.249 e. The van der Waals surface area contributed by atoms with Gasteiger partial charge in [0.25, 0.3) is 0 Å². The van der Waals surface area contributed by atoms with Crippen molar-refractivity contribution in [3.8, 4) is 17.2 Å². The second-order valence-electron chi connectivity index (χ2n) is 5.63. The van der Waals surface area contributed by atoms with Crippen LogP contribution >= 0.6 is 11.6 Å². The maximum atomic E-state index is 6.18. The number of nitrogens with zero attached hydrogens (tertiary/aromatic N) is 3. The topological polar surface area (TPSA) is 51.4 Å². The number of halogens is 1. The molecule has 25 heavy (non-hydrogen) atoms. The lowest BCUT2D eigenvalue weighted by Gasteiger charge is -2.18. The molecule has 130 valence electrons. The van der Waals surface area contributed by atoms with Gasteiger partial charge in [-0.15, -0.1) is 10.2 Å². The molecule has 0 aliphatic heterocycles. The molecule has 0 aliphatic rings. The van der Waals surface area contributed by atoms with E-state index in [4.69, 9.17) is 20.8 Å². The second kappa shape index (κ2) is 8.14. The molecule has 3 aromatic rings. The van der Waals surface area contributed by atoms with Gasteiger partial charge in [-0.2, -0.15) is 0 Å². The van der Waals surface area contributed by atoms with E-state index in [9.17, 15) is 0 Å². The van der Waals surface area contributed by atoms with Crippen LogP contribution in [-0.4, -0.2) is 28.8 Å². The van der Waals surface area contributed by atoms with Crippen molar-refractivity contribution < 1.29 is 9.15 Å². The van der Waals surface area contributed by atoms with Crippen molar-refractivity contribution in [3.05, 3.63) is 65.0 Å². The van der Waals surface area contributed by atoms with Crippen LogP contribution in [0.25, 0.3) is 11.5 Å². The zero-order valence-electron chi connectivity index (χ0n) is 14.3. The molecule has 0 aliphatic carbocycles. The SMILES string of the molecule is CCN(Cc1ccc(OC)cc1)Cc1nnc(-c2ccccc2Cl)o1. The summed E-state index contributed by atoms with van der Waals surface area (Å²) in [6.07, 6.45) is 0. The summed E-state index contributed by atoms with van der Waals surface area (Å²) in [4.78, 5) is 2.23. The third-order valence-corrected chi connectivity index (χ3v) is 4.27. The Hall–Kier alpha value is -2.37. The van der Waals surface area contributed by atoms with Crippen molar-refractivity contribution in [1.29, 1.82) is 0 Å². The Kier molecular flexibility index (Phi) is 5.68. The lowest BCUT2D eigenvalue weighted by Crippen LogP contribution is -2.22. The molecular weight excluding hydrogens is 338 g/mol. The predicted octanol–water partition coefficient (Wildman–Crippen LogP) is 4.42. The highest BCUT2D eigenvalue weighted by Gasteiger charge is 2.14. The minimum absolute atomic E-state index is 0.445. The number of hydrogen-bond donors (Lipinski definition) is 0. The lowest BCUT2D eigenvalue weighted by molar-refractivity contribution is 0.243. The minimum atomic E-state index is 0.445. The van der Waals surface area contributed by atoms with E-state index in [2.05, 4.69) is 34.2 Å². The highest BCUT2D eigenvalue weighted by atomic mass is 35.5. The first-order chi connectivity index (χ1) is 12.2. The van der Waals surface area contributed by atoms with Gasteiger partial charge >= 0.3 is 0 Å². The fourth-order valence-corrected chi connectivity index (χ4v) is 2.74. The second-order valence-corrected chi connectivity index (χ2v) is 6.04. The number of rotatable bonds is 7. The van der Waals surface area contributed by atoms with Crippen LogP contribution in [-0.2, 0) is 13.1 Å². The van der Waals surface area contributed by atoms with Gasteiger partial charge < -0.3 is 9.15 Å². The van der Waals surface area contributed by atoms with Gasteiger partial charge in [-0.05, 0) is 36.4 Å². The molecule has 0 bridgehead atoms. The third-order valence-electron chi connectivity index (χ3n) is 3.94. The number of ether oxygens (including phenoxy) is 1. The molecular formula is C19H20ClN3O2. The van der Waals surface area contributed by atoms with E-state index in [-0.39, 0.29) is 0 Å². The van der Waals surface area contributed by atoms with E-state index in [0.29, 0.717) is 23.3 Å². The molecule has 0 unspecified atom stereocenters. The third kappa shape index (κ3) is 4.38. The van der Waals surface area contributed by atoms with Crippen LogP contribution < -0.4 is 4.74 Å². The van der Waals surface area contributed by atoms with Crippen molar-refractivity contribution in [2.75, 3.05) is 13.7 Å². The van der Waals surface area contributed by atoms with Gasteiger partial charge in [0.05, 0.1) is 24.2 Å². The Labute approximate surface area is 152 Å². The van der Waals surface area contributed by atoms with Crippen molar-refractivity contribution in [3.63, 3.8) is 0 Å². The number of methoxy groups -OCH3 is 1.